The topological polar surface area (TPSA) is 36.7 Å². The second-order valence-electron chi connectivity index (χ2n) is 6.90. The van der Waals surface area contributed by atoms with Crippen LogP contribution in [0.2, 0.25) is 0 Å². The quantitative estimate of drug-likeness (QED) is 0.558. The third kappa shape index (κ3) is 2.85. The molecule has 0 aliphatic carbocycles. The minimum absolute atomic E-state index is 0.982. The van der Waals surface area contributed by atoms with Gasteiger partial charge in [-0.15, -0.1) is 5.10 Å². The lowest BCUT2D eigenvalue weighted by Crippen LogP contribution is -2.46. The summed E-state index contributed by atoms with van der Waals surface area (Å²) in [5.41, 5.74) is 2.44. The van der Waals surface area contributed by atoms with E-state index in [-0.39, 0.29) is 0 Å². The van der Waals surface area contributed by atoms with Gasteiger partial charge < -0.3 is 4.90 Å². The van der Waals surface area contributed by atoms with E-state index in [1.165, 1.54) is 16.3 Å². The van der Waals surface area contributed by atoms with Gasteiger partial charge >= 0.3 is 0 Å². The lowest BCUT2D eigenvalue weighted by atomic mass is 10.0. The number of piperazine rings is 1. The summed E-state index contributed by atoms with van der Waals surface area (Å²) in [6.45, 7) is 7.16. The fourth-order valence-electron chi connectivity index (χ4n) is 3.69. The van der Waals surface area contributed by atoms with E-state index in [2.05, 4.69) is 62.3 Å². The second kappa shape index (κ2) is 6.37. The molecule has 0 bridgehead atoms. The zero-order chi connectivity index (χ0) is 17.5. The minimum Gasteiger partial charge on any atom is -0.344 e. The monoisotopic (exact) mass is 363 g/mol. The van der Waals surface area contributed by atoms with E-state index in [9.17, 15) is 0 Å². The normalized spacial score (nSPS) is 16.0. The molecule has 3 heterocycles. The highest BCUT2D eigenvalue weighted by molar-refractivity contribution is 7.20. The summed E-state index contributed by atoms with van der Waals surface area (Å²) in [5, 5.41) is 8.46. The molecule has 1 aliphatic heterocycles. The van der Waals surface area contributed by atoms with Crippen LogP contribution in [-0.4, -0.2) is 45.7 Å². The van der Waals surface area contributed by atoms with Crippen LogP contribution in [0.25, 0.3) is 15.7 Å². The van der Waals surface area contributed by atoms with Crippen molar-refractivity contribution < 1.29 is 0 Å². The molecule has 0 N–H and O–H groups in total. The number of fused-ring (bicyclic) bond motifs is 2. The van der Waals surface area contributed by atoms with Crippen LogP contribution >= 0.6 is 11.3 Å². The molecule has 2 aromatic heterocycles. The van der Waals surface area contributed by atoms with Gasteiger partial charge in [0.2, 0.25) is 10.1 Å². The molecule has 132 valence electrons. The van der Waals surface area contributed by atoms with Crippen LogP contribution in [0.15, 0.2) is 48.7 Å². The Kier molecular flexibility index (Phi) is 3.87. The molecular weight excluding hydrogens is 342 g/mol. The summed E-state index contributed by atoms with van der Waals surface area (Å²) in [7, 11) is 0. The van der Waals surface area contributed by atoms with E-state index in [0.717, 1.165) is 48.5 Å². The van der Waals surface area contributed by atoms with Crippen molar-refractivity contribution in [2.45, 2.75) is 13.5 Å². The Morgan fingerprint density at radius 2 is 1.81 bits per heavy atom. The van der Waals surface area contributed by atoms with Gasteiger partial charge in [-0.3, -0.25) is 4.90 Å². The first-order chi connectivity index (χ1) is 12.8. The van der Waals surface area contributed by atoms with Crippen molar-refractivity contribution in [3.63, 3.8) is 0 Å². The number of aromatic nitrogens is 3. The van der Waals surface area contributed by atoms with Crippen molar-refractivity contribution >= 4 is 32.2 Å². The molecule has 0 amide bonds. The van der Waals surface area contributed by atoms with Crippen molar-refractivity contribution in [1.82, 2.24) is 19.5 Å². The summed E-state index contributed by atoms with van der Waals surface area (Å²) in [5.74, 6) is 0. The number of hydrogen-bond acceptors (Lipinski definition) is 5. The molecule has 26 heavy (non-hydrogen) atoms. The van der Waals surface area contributed by atoms with Gasteiger partial charge in [0.25, 0.3) is 0 Å². The lowest BCUT2D eigenvalue weighted by Gasteiger charge is -2.34. The maximum atomic E-state index is 4.69. The molecule has 2 aromatic carbocycles. The first-order valence-electron chi connectivity index (χ1n) is 9.03. The summed E-state index contributed by atoms with van der Waals surface area (Å²) in [6, 6.07) is 15.3. The minimum atomic E-state index is 0.982. The molecule has 1 saturated heterocycles. The van der Waals surface area contributed by atoms with Crippen LogP contribution < -0.4 is 4.90 Å². The third-order valence-electron chi connectivity index (χ3n) is 5.07. The van der Waals surface area contributed by atoms with Gasteiger partial charge in [0.15, 0.2) is 0 Å². The molecule has 0 unspecified atom stereocenters. The largest absolute Gasteiger partial charge is 0.344 e. The van der Waals surface area contributed by atoms with Crippen molar-refractivity contribution in [2.24, 2.45) is 0 Å². The molecule has 0 saturated carbocycles. The number of nitrogens with zero attached hydrogens (tertiary/aromatic N) is 5. The van der Waals surface area contributed by atoms with Crippen LogP contribution in [-0.2, 0) is 6.54 Å². The second-order valence-corrected chi connectivity index (χ2v) is 7.83. The van der Waals surface area contributed by atoms with Crippen LogP contribution in [0.5, 0.6) is 0 Å². The van der Waals surface area contributed by atoms with Crippen LogP contribution in [0.3, 0.4) is 0 Å². The number of anilines is 1. The lowest BCUT2D eigenvalue weighted by molar-refractivity contribution is 0.250. The maximum absolute atomic E-state index is 4.69. The first-order valence-corrected chi connectivity index (χ1v) is 9.85. The van der Waals surface area contributed by atoms with Crippen molar-refractivity contribution in [1.29, 1.82) is 0 Å². The molecule has 0 atom stereocenters. The summed E-state index contributed by atoms with van der Waals surface area (Å²) in [4.78, 5) is 10.4. The first kappa shape index (κ1) is 15.8. The average molecular weight is 363 g/mol. The number of benzene rings is 2. The standard InChI is InChI=1S/C20H21N5S/c1-15-13-25-19(21-15)26-20(22-25)24-11-9-23(10-12-24)14-17-7-4-6-16-5-2-3-8-18(16)17/h2-8,13H,9-12,14H2,1H3. The molecule has 6 heteroatoms. The SMILES string of the molecule is Cc1cn2nc(N3CCN(Cc4cccc5ccccc45)CC3)sc2n1. The van der Waals surface area contributed by atoms with Crippen LogP contribution in [0.1, 0.15) is 11.3 Å². The molecule has 0 radical (unpaired) electrons. The maximum Gasteiger partial charge on any atom is 0.214 e. The molecule has 1 aliphatic rings. The molecule has 5 nitrogen and oxygen atoms in total. The van der Waals surface area contributed by atoms with Gasteiger partial charge in [0.05, 0.1) is 11.9 Å². The Morgan fingerprint density at radius 1 is 1.00 bits per heavy atom. The molecular formula is C20H21N5S. The van der Waals surface area contributed by atoms with E-state index in [4.69, 9.17) is 0 Å². The number of aryl methyl sites for hydroxylation is 1. The highest BCUT2D eigenvalue weighted by atomic mass is 32.1. The van der Waals surface area contributed by atoms with Crippen LogP contribution in [0, 0.1) is 6.92 Å². The number of hydrogen-bond donors (Lipinski definition) is 0. The highest BCUT2D eigenvalue weighted by Crippen LogP contribution is 2.25. The molecule has 0 spiro atoms. The Labute approximate surface area is 156 Å². The smallest absolute Gasteiger partial charge is 0.214 e. The van der Waals surface area contributed by atoms with E-state index in [1.54, 1.807) is 11.3 Å². The van der Waals surface area contributed by atoms with Gasteiger partial charge in [0.1, 0.15) is 0 Å². The number of imidazole rings is 1. The average Bonchev–Trinajstić information content (AvgIpc) is 3.20. The predicted molar refractivity (Wildman–Crippen MR) is 107 cm³/mol. The van der Waals surface area contributed by atoms with Crippen molar-refractivity contribution in [2.75, 3.05) is 31.1 Å². The van der Waals surface area contributed by atoms with Crippen molar-refractivity contribution in [3.8, 4) is 0 Å². The van der Waals surface area contributed by atoms with E-state index in [0.29, 0.717) is 0 Å². The third-order valence-corrected chi connectivity index (χ3v) is 6.05. The van der Waals surface area contributed by atoms with Crippen molar-refractivity contribution in [3.05, 3.63) is 59.9 Å². The summed E-state index contributed by atoms with van der Waals surface area (Å²) in [6.07, 6.45) is 1.99. The van der Waals surface area contributed by atoms with Crippen LogP contribution in [0.4, 0.5) is 5.13 Å². The number of rotatable bonds is 3. The Balaban J connectivity index is 1.28. The summed E-state index contributed by atoms with van der Waals surface area (Å²) < 4.78 is 1.90. The molecule has 4 aromatic rings. The summed E-state index contributed by atoms with van der Waals surface area (Å²) >= 11 is 1.68. The zero-order valence-electron chi connectivity index (χ0n) is 14.8. The Hall–Kier alpha value is -2.44. The van der Waals surface area contributed by atoms with Gasteiger partial charge in [-0.1, -0.05) is 53.8 Å². The van der Waals surface area contributed by atoms with Gasteiger partial charge in [-0.25, -0.2) is 9.50 Å². The Morgan fingerprint density at radius 3 is 2.65 bits per heavy atom. The predicted octanol–water partition coefficient (Wildman–Crippen LogP) is 3.57. The Bertz CT molecular complexity index is 1020. The van der Waals surface area contributed by atoms with Gasteiger partial charge in [0, 0.05) is 32.7 Å². The fourth-order valence-corrected chi connectivity index (χ4v) is 4.68. The van der Waals surface area contributed by atoms with Gasteiger partial charge in [-0.05, 0) is 23.3 Å². The van der Waals surface area contributed by atoms with E-state index in [1.807, 2.05) is 17.6 Å². The van der Waals surface area contributed by atoms with Gasteiger partial charge in [-0.2, -0.15) is 0 Å². The zero-order valence-corrected chi connectivity index (χ0v) is 15.6. The van der Waals surface area contributed by atoms with E-state index < -0.39 is 0 Å². The molecule has 1 fully saturated rings. The molecule has 5 rings (SSSR count). The fraction of sp³-hybridized carbons (Fsp3) is 0.300. The highest BCUT2D eigenvalue weighted by Gasteiger charge is 2.21. The van der Waals surface area contributed by atoms with E-state index >= 15 is 0 Å².